The van der Waals surface area contributed by atoms with Crippen molar-refractivity contribution in [2.45, 2.75) is 25.2 Å². The Kier molecular flexibility index (Phi) is 5.55. The van der Waals surface area contributed by atoms with Gasteiger partial charge in [0.1, 0.15) is 5.82 Å². The molecular weight excluding hydrogens is 350 g/mol. The molecule has 3 N–H and O–H groups in total. The largest absolute Gasteiger partial charge is 0.353 e. The highest BCUT2D eigenvalue weighted by Gasteiger charge is 2.18. The zero-order valence-corrected chi connectivity index (χ0v) is 16.0. The van der Waals surface area contributed by atoms with Crippen LogP contribution in [-0.2, 0) is 16.4 Å². The third-order valence-electron chi connectivity index (χ3n) is 4.36. The van der Waals surface area contributed by atoms with Crippen LogP contribution in [-0.4, -0.2) is 44.6 Å². The zero-order valence-electron chi connectivity index (χ0n) is 15.1. The number of nitrogens with one attached hydrogen (secondary N) is 1. The summed E-state index contributed by atoms with van der Waals surface area (Å²) in [4.78, 5) is 11.3. The first-order chi connectivity index (χ1) is 12.3. The van der Waals surface area contributed by atoms with Crippen LogP contribution >= 0.6 is 0 Å². The van der Waals surface area contributed by atoms with Gasteiger partial charge in [0.05, 0.1) is 23.0 Å². The predicted octanol–water partition coefficient (Wildman–Crippen LogP) is 1.40. The fourth-order valence-electron chi connectivity index (χ4n) is 3.13. The third-order valence-corrected chi connectivity index (χ3v) is 5.35. The number of hydrogen-bond acceptors (Lipinski definition) is 6. The number of benzene rings is 1. The molecule has 1 aromatic heterocycles. The summed E-state index contributed by atoms with van der Waals surface area (Å²) >= 11 is 0. The van der Waals surface area contributed by atoms with E-state index in [0.29, 0.717) is 23.6 Å². The van der Waals surface area contributed by atoms with E-state index in [4.69, 9.17) is 5.14 Å². The van der Waals surface area contributed by atoms with Crippen molar-refractivity contribution >= 4 is 15.8 Å². The predicted molar refractivity (Wildman–Crippen MR) is 102 cm³/mol. The summed E-state index contributed by atoms with van der Waals surface area (Å²) in [5, 5.41) is 8.75. The van der Waals surface area contributed by atoms with Gasteiger partial charge in [0.15, 0.2) is 0 Å². The van der Waals surface area contributed by atoms with Gasteiger partial charge in [-0.2, -0.15) is 0 Å². The number of rotatable bonds is 5. The van der Waals surface area contributed by atoms with Gasteiger partial charge in [0.25, 0.3) is 0 Å². The molecular formula is C18H25N5O2S. The lowest BCUT2D eigenvalue weighted by molar-refractivity contribution is 0.584. The van der Waals surface area contributed by atoms with E-state index in [1.807, 2.05) is 26.0 Å². The van der Waals surface area contributed by atoms with E-state index >= 15 is 0 Å². The quantitative estimate of drug-likeness (QED) is 0.819. The minimum atomic E-state index is -3.81. The number of nitrogens with two attached hydrogens (primary N) is 1. The highest BCUT2D eigenvalue weighted by atomic mass is 32.2. The van der Waals surface area contributed by atoms with Gasteiger partial charge >= 0.3 is 0 Å². The molecule has 2 aromatic rings. The molecule has 7 nitrogen and oxygen atoms in total. The first-order valence-corrected chi connectivity index (χ1v) is 10.3. The monoisotopic (exact) mass is 375 g/mol. The second-order valence-corrected chi connectivity index (χ2v) is 8.49. The highest BCUT2D eigenvalue weighted by Crippen LogP contribution is 2.26. The molecule has 8 heteroatoms. The van der Waals surface area contributed by atoms with Crippen LogP contribution in [0.3, 0.4) is 0 Å². The van der Waals surface area contributed by atoms with E-state index in [9.17, 15) is 8.42 Å². The Hall–Kier alpha value is -2.03. The molecule has 140 valence electrons. The first kappa shape index (κ1) is 18.8. The van der Waals surface area contributed by atoms with E-state index in [2.05, 4.69) is 20.2 Å². The number of anilines is 1. The maximum atomic E-state index is 12.1. The number of primary sulfonamides is 1. The molecule has 0 unspecified atom stereocenters. The van der Waals surface area contributed by atoms with Crippen molar-refractivity contribution in [1.82, 2.24) is 15.3 Å². The van der Waals surface area contributed by atoms with Gasteiger partial charge < -0.3 is 10.2 Å². The van der Waals surface area contributed by atoms with E-state index in [-0.39, 0.29) is 4.90 Å². The standard InChI is InChI=1S/C18H25N5O2S/c1-13(2)9-15-4-3-14(10-17(15)26(19,24)25)16-11-21-12-18(22-16)23-7-5-20-6-8-23/h3-4,10-13,20H,5-9H2,1-2H3,(H2,19,24,25). The molecule has 0 radical (unpaired) electrons. The molecule has 0 amide bonds. The fraction of sp³-hybridized carbons (Fsp3) is 0.444. The number of aromatic nitrogens is 2. The van der Waals surface area contributed by atoms with Crippen molar-refractivity contribution in [2.75, 3.05) is 31.1 Å². The Morgan fingerprint density at radius 3 is 2.62 bits per heavy atom. The van der Waals surface area contributed by atoms with Crippen molar-refractivity contribution in [1.29, 1.82) is 0 Å². The molecule has 2 heterocycles. The topological polar surface area (TPSA) is 101 Å². The number of sulfonamides is 1. The summed E-state index contributed by atoms with van der Waals surface area (Å²) < 4.78 is 24.1. The average Bonchev–Trinajstić information content (AvgIpc) is 2.61. The number of piperazine rings is 1. The molecule has 0 spiro atoms. The molecule has 1 saturated heterocycles. The minimum absolute atomic E-state index is 0.165. The summed E-state index contributed by atoms with van der Waals surface area (Å²) in [6, 6.07) is 5.32. The second-order valence-electron chi connectivity index (χ2n) is 6.97. The molecule has 0 aliphatic carbocycles. The maximum absolute atomic E-state index is 12.1. The number of nitrogens with zero attached hydrogens (tertiary/aromatic N) is 3. The summed E-state index contributed by atoms with van der Waals surface area (Å²) in [6.07, 6.45) is 4.04. The summed E-state index contributed by atoms with van der Waals surface area (Å²) in [5.74, 6) is 1.13. The summed E-state index contributed by atoms with van der Waals surface area (Å²) in [5.41, 5.74) is 2.07. The Morgan fingerprint density at radius 1 is 1.23 bits per heavy atom. The molecule has 0 bridgehead atoms. The van der Waals surface area contributed by atoms with E-state index < -0.39 is 10.0 Å². The van der Waals surface area contributed by atoms with Gasteiger partial charge in [0, 0.05) is 31.7 Å². The average molecular weight is 375 g/mol. The van der Waals surface area contributed by atoms with Gasteiger partial charge in [-0.05, 0) is 24.0 Å². The summed E-state index contributed by atoms with van der Waals surface area (Å²) in [7, 11) is -3.81. The minimum Gasteiger partial charge on any atom is -0.353 e. The molecule has 1 fully saturated rings. The van der Waals surface area contributed by atoms with Crippen LogP contribution in [0.5, 0.6) is 0 Å². The molecule has 0 saturated carbocycles. The normalized spacial score (nSPS) is 15.5. The van der Waals surface area contributed by atoms with Crippen LogP contribution in [0, 0.1) is 5.92 Å². The summed E-state index contributed by atoms with van der Waals surface area (Å²) in [6.45, 7) is 7.64. The van der Waals surface area contributed by atoms with Crippen LogP contribution < -0.4 is 15.4 Å². The Balaban J connectivity index is 1.99. The highest BCUT2D eigenvalue weighted by molar-refractivity contribution is 7.89. The van der Waals surface area contributed by atoms with Crippen LogP contribution in [0.2, 0.25) is 0 Å². The lowest BCUT2D eigenvalue weighted by Crippen LogP contribution is -2.43. The van der Waals surface area contributed by atoms with Gasteiger partial charge in [-0.3, -0.25) is 4.98 Å². The van der Waals surface area contributed by atoms with E-state index in [0.717, 1.165) is 37.6 Å². The van der Waals surface area contributed by atoms with Gasteiger partial charge in [-0.15, -0.1) is 0 Å². The maximum Gasteiger partial charge on any atom is 0.238 e. The van der Waals surface area contributed by atoms with Gasteiger partial charge in [-0.25, -0.2) is 18.5 Å². The molecule has 3 rings (SSSR count). The number of hydrogen-bond donors (Lipinski definition) is 2. The van der Waals surface area contributed by atoms with Crippen LogP contribution in [0.1, 0.15) is 19.4 Å². The van der Waals surface area contributed by atoms with Crippen molar-refractivity contribution in [3.8, 4) is 11.3 Å². The van der Waals surface area contributed by atoms with Crippen molar-refractivity contribution in [2.24, 2.45) is 11.1 Å². The second kappa shape index (κ2) is 7.69. The Bertz CT molecular complexity index is 877. The molecule has 1 aliphatic heterocycles. The zero-order chi connectivity index (χ0) is 18.7. The first-order valence-electron chi connectivity index (χ1n) is 8.78. The van der Waals surface area contributed by atoms with Gasteiger partial charge in [-0.1, -0.05) is 26.0 Å². The van der Waals surface area contributed by atoms with E-state index in [1.54, 1.807) is 18.5 Å². The van der Waals surface area contributed by atoms with Crippen molar-refractivity contribution in [3.05, 3.63) is 36.2 Å². The molecule has 26 heavy (non-hydrogen) atoms. The molecule has 1 aliphatic rings. The molecule has 0 atom stereocenters. The SMILES string of the molecule is CC(C)Cc1ccc(-c2cncc(N3CCNCC3)n2)cc1S(N)(=O)=O. The van der Waals surface area contributed by atoms with E-state index in [1.165, 1.54) is 0 Å². The Labute approximate surface area is 154 Å². The molecule has 1 aromatic carbocycles. The van der Waals surface area contributed by atoms with Crippen LogP contribution in [0.15, 0.2) is 35.5 Å². The van der Waals surface area contributed by atoms with Crippen molar-refractivity contribution in [3.63, 3.8) is 0 Å². The van der Waals surface area contributed by atoms with Crippen LogP contribution in [0.4, 0.5) is 5.82 Å². The smallest absolute Gasteiger partial charge is 0.238 e. The van der Waals surface area contributed by atoms with Crippen molar-refractivity contribution < 1.29 is 8.42 Å². The lowest BCUT2D eigenvalue weighted by Gasteiger charge is -2.28. The van der Waals surface area contributed by atoms with Gasteiger partial charge in [0.2, 0.25) is 10.0 Å². The van der Waals surface area contributed by atoms with Crippen LogP contribution in [0.25, 0.3) is 11.3 Å². The Morgan fingerprint density at radius 2 is 1.96 bits per heavy atom. The third kappa shape index (κ3) is 4.38. The fourth-order valence-corrected chi connectivity index (χ4v) is 3.94. The lowest BCUT2D eigenvalue weighted by atomic mass is 10.0.